The summed E-state index contributed by atoms with van der Waals surface area (Å²) in [5.74, 6) is 0.156. The van der Waals surface area contributed by atoms with Crippen molar-refractivity contribution in [2.24, 2.45) is 0 Å². The Morgan fingerprint density at radius 1 is 1.35 bits per heavy atom. The van der Waals surface area contributed by atoms with E-state index in [-0.39, 0.29) is 18.2 Å². The molecule has 0 aliphatic heterocycles. The number of thiazole rings is 1. The molecular formula is C13H15ClF2N2OS. The van der Waals surface area contributed by atoms with Gasteiger partial charge in [0.15, 0.2) is 0 Å². The summed E-state index contributed by atoms with van der Waals surface area (Å²) in [5, 5.41) is 5.87. The number of halogens is 3. The van der Waals surface area contributed by atoms with Crippen LogP contribution < -0.4 is 10.1 Å². The van der Waals surface area contributed by atoms with E-state index in [1.165, 1.54) is 17.4 Å². The molecule has 3 nitrogen and oxygen atoms in total. The van der Waals surface area contributed by atoms with Crippen molar-refractivity contribution >= 4 is 23.7 Å². The molecule has 20 heavy (non-hydrogen) atoms. The van der Waals surface area contributed by atoms with Crippen molar-refractivity contribution in [2.45, 2.75) is 13.0 Å². The summed E-state index contributed by atoms with van der Waals surface area (Å²) in [4.78, 5) is 4.44. The Balaban J connectivity index is 0.00000200. The lowest BCUT2D eigenvalue weighted by atomic mass is 10.1. The van der Waals surface area contributed by atoms with Crippen molar-refractivity contribution in [3.05, 3.63) is 34.7 Å². The van der Waals surface area contributed by atoms with Crippen LogP contribution in [0, 0.1) is 0 Å². The van der Waals surface area contributed by atoms with Crippen molar-refractivity contribution < 1.29 is 13.5 Å². The number of alkyl halides is 2. The van der Waals surface area contributed by atoms with E-state index in [1.807, 2.05) is 12.4 Å². The number of nitrogens with one attached hydrogen (secondary N) is 1. The van der Waals surface area contributed by atoms with Gasteiger partial charge in [0.2, 0.25) is 0 Å². The monoisotopic (exact) mass is 320 g/mol. The zero-order valence-electron chi connectivity index (χ0n) is 10.8. The van der Waals surface area contributed by atoms with Crippen molar-refractivity contribution in [3.63, 3.8) is 0 Å². The molecule has 0 atom stereocenters. The average molecular weight is 321 g/mol. The fourth-order valence-corrected chi connectivity index (χ4v) is 2.46. The summed E-state index contributed by atoms with van der Waals surface area (Å²) in [5.41, 5.74) is 1.27. The molecule has 110 valence electrons. The summed E-state index contributed by atoms with van der Waals surface area (Å²) >= 11 is 1.52. The molecule has 0 aliphatic rings. The summed E-state index contributed by atoms with van der Waals surface area (Å²) < 4.78 is 29.2. The standard InChI is InChI=1S/C13H14F2N2OS.ClH/c1-16-7-6-12-17-10(8-19-12)9-4-2-3-5-11(9)18-13(14)15;/h2-5,8,13,16H,6-7H2,1H3;1H. The number of para-hydroxylation sites is 1. The van der Waals surface area contributed by atoms with Crippen LogP contribution in [0.3, 0.4) is 0 Å². The number of benzene rings is 1. The van der Waals surface area contributed by atoms with Crippen LogP contribution in [0.4, 0.5) is 8.78 Å². The van der Waals surface area contributed by atoms with E-state index in [2.05, 4.69) is 15.0 Å². The van der Waals surface area contributed by atoms with Gasteiger partial charge in [0.25, 0.3) is 0 Å². The molecule has 0 fully saturated rings. The Morgan fingerprint density at radius 3 is 2.80 bits per heavy atom. The van der Waals surface area contributed by atoms with Crippen LogP contribution in [-0.4, -0.2) is 25.2 Å². The smallest absolute Gasteiger partial charge is 0.387 e. The molecule has 2 aromatic rings. The van der Waals surface area contributed by atoms with Crippen LogP contribution in [0.15, 0.2) is 29.6 Å². The van der Waals surface area contributed by atoms with E-state index in [1.54, 1.807) is 18.2 Å². The second kappa shape index (κ2) is 8.14. The Hall–Kier alpha value is -1.24. The van der Waals surface area contributed by atoms with Crippen LogP contribution in [0.25, 0.3) is 11.3 Å². The number of likely N-dealkylation sites (N-methyl/N-ethyl adjacent to an activating group) is 1. The molecule has 1 N–H and O–H groups in total. The number of hydrogen-bond donors (Lipinski definition) is 1. The van der Waals surface area contributed by atoms with Gasteiger partial charge in [-0.25, -0.2) is 4.98 Å². The molecule has 2 rings (SSSR count). The second-order valence-electron chi connectivity index (χ2n) is 3.85. The molecule has 0 bridgehead atoms. The molecule has 0 aliphatic carbocycles. The van der Waals surface area contributed by atoms with Crippen molar-refractivity contribution in [1.82, 2.24) is 10.3 Å². The first-order valence-electron chi connectivity index (χ1n) is 5.84. The van der Waals surface area contributed by atoms with Crippen LogP contribution in [-0.2, 0) is 6.42 Å². The van der Waals surface area contributed by atoms with Crippen molar-refractivity contribution in [3.8, 4) is 17.0 Å². The minimum atomic E-state index is -2.83. The highest BCUT2D eigenvalue weighted by molar-refractivity contribution is 7.09. The summed E-state index contributed by atoms with van der Waals surface area (Å²) in [6.07, 6.45) is 0.818. The molecule has 0 radical (unpaired) electrons. The third-order valence-corrected chi connectivity index (χ3v) is 3.43. The molecule has 1 heterocycles. The molecule has 1 aromatic carbocycles. The molecule has 0 amide bonds. The highest BCUT2D eigenvalue weighted by atomic mass is 35.5. The minimum absolute atomic E-state index is 0. The summed E-state index contributed by atoms with van der Waals surface area (Å²) in [6.45, 7) is -1.99. The first-order chi connectivity index (χ1) is 9.20. The zero-order chi connectivity index (χ0) is 13.7. The average Bonchev–Trinajstić information content (AvgIpc) is 2.85. The van der Waals surface area contributed by atoms with Gasteiger partial charge in [-0.05, 0) is 19.2 Å². The Morgan fingerprint density at radius 2 is 2.10 bits per heavy atom. The number of rotatable bonds is 6. The van der Waals surface area contributed by atoms with E-state index in [4.69, 9.17) is 0 Å². The normalized spacial score (nSPS) is 10.4. The molecular weight excluding hydrogens is 306 g/mol. The molecule has 0 spiro atoms. The van der Waals surface area contributed by atoms with E-state index in [0.29, 0.717) is 11.3 Å². The van der Waals surface area contributed by atoms with Gasteiger partial charge >= 0.3 is 6.61 Å². The molecule has 0 saturated heterocycles. The zero-order valence-corrected chi connectivity index (χ0v) is 12.4. The first kappa shape index (κ1) is 16.8. The van der Waals surface area contributed by atoms with Gasteiger partial charge in [0.05, 0.1) is 10.7 Å². The number of ether oxygens (including phenoxy) is 1. The van der Waals surface area contributed by atoms with Crippen LogP contribution >= 0.6 is 23.7 Å². The fraction of sp³-hybridized carbons (Fsp3) is 0.308. The molecule has 0 saturated carbocycles. The second-order valence-corrected chi connectivity index (χ2v) is 4.80. The van der Waals surface area contributed by atoms with E-state index < -0.39 is 6.61 Å². The third-order valence-electron chi connectivity index (χ3n) is 2.52. The lowest BCUT2D eigenvalue weighted by Gasteiger charge is -2.08. The van der Waals surface area contributed by atoms with Gasteiger partial charge in [-0.1, -0.05) is 12.1 Å². The van der Waals surface area contributed by atoms with E-state index in [9.17, 15) is 8.78 Å². The maximum Gasteiger partial charge on any atom is 0.387 e. The van der Waals surface area contributed by atoms with Crippen LogP contribution in [0.2, 0.25) is 0 Å². The number of hydrogen-bond acceptors (Lipinski definition) is 4. The Kier molecular flexibility index (Phi) is 6.84. The Bertz CT molecular complexity index is 537. The van der Waals surface area contributed by atoms with Gasteiger partial charge in [0, 0.05) is 23.9 Å². The summed E-state index contributed by atoms with van der Waals surface area (Å²) in [6, 6.07) is 6.69. The topological polar surface area (TPSA) is 34.2 Å². The van der Waals surface area contributed by atoms with E-state index in [0.717, 1.165) is 18.0 Å². The van der Waals surface area contributed by atoms with E-state index >= 15 is 0 Å². The predicted molar refractivity (Wildman–Crippen MR) is 79.1 cm³/mol. The fourth-order valence-electron chi connectivity index (χ4n) is 1.66. The van der Waals surface area contributed by atoms with Gasteiger partial charge in [-0.15, -0.1) is 23.7 Å². The quantitative estimate of drug-likeness (QED) is 0.883. The van der Waals surface area contributed by atoms with Gasteiger partial charge in [-0.2, -0.15) is 8.78 Å². The SMILES string of the molecule is CNCCc1nc(-c2ccccc2OC(F)F)cs1.Cl. The lowest BCUT2D eigenvalue weighted by molar-refractivity contribution is -0.0494. The van der Waals surface area contributed by atoms with Gasteiger partial charge in [0.1, 0.15) is 5.75 Å². The highest BCUT2D eigenvalue weighted by Crippen LogP contribution is 2.31. The van der Waals surface area contributed by atoms with Crippen molar-refractivity contribution in [2.75, 3.05) is 13.6 Å². The van der Waals surface area contributed by atoms with Crippen molar-refractivity contribution in [1.29, 1.82) is 0 Å². The highest BCUT2D eigenvalue weighted by Gasteiger charge is 2.13. The lowest BCUT2D eigenvalue weighted by Crippen LogP contribution is -2.10. The molecule has 1 aromatic heterocycles. The van der Waals surface area contributed by atoms with Crippen LogP contribution in [0.1, 0.15) is 5.01 Å². The largest absolute Gasteiger partial charge is 0.434 e. The number of aromatic nitrogens is 1. The maximum atomic E-state index is 12.3. The number of nitrogens with zero attached hydrogens (tertiary/aromatic N) is 1. The first-order valence-corrected chi connectivity index (χ1v) is 6.72. The maximum absolute atomic E-state index is 12.3. The molecule has 7 heteroatoms. The predicted octanol–water partition coefficient (Wildman–Crippen LogP) is 3.60. The van der Waals surface area contributed by atoms with Gasteiger partial charge < -0.3 is 10.1 Å². The minimum Gasteiger partial charge on any atom is -0.434 e. The molecule has 0 unspecified atom stereocenters. The summed E-state index contributed by atoms with van der Waals surface area (Å²) in [7, 11) is 1.88. The third kappa shape index (κ3) is 4.40. The Labute approximate surface area is 126 Å². The van der Waals surface area contributed by atoms with Crippen LogP contribution in [0.5, 0.6) is 5.75 Å². The van der Waals surface area contributed by atoms with Gasteiger partial charge in [-0.3, -0.25) is 0 Å².